The van der Waals surface area contributed by atoms with E-state index in [9.17, 15) is 14.7 Å². The fourth-order valence-electron chi connectivity index (χ4n) is 4.44. The van der Waals surface area contributed by atoms with E-state index < -0.39 is 11.9 Å². The Balaban J connectivity index is 1.21. The summed E-state index contributed by atoms with van der Waals surface area (Å²) < 4.78 is 10.6. The zero-order valence-corrected chi connectivity index (χ0v) is 17.9. The molecule has 9 heteroatoms. The molecule has 170 valence electrons. The van der Waals surface area contributed by atoms with E-state index in [0.29, 0.717) is 23.7 Å². The number of ether oxygens (including phenoxy) is 2. The van der Waals surface area contributed by atoms with E-state index in [-0.39, 0.29) is 19.1 Å². The Labute approximate surface area is 182 Å². The number of anilines is 1. The molecule has 1 atom stereocenters. The molecule has 3 aliphatic heterocycles. The van der Waals surface area contributed by atoms with Crippen molar-refractivity contribution in [3.8, 4) is 11.5 Å². The smallest absolute Gasteiger partial charge is 0.308 e. The van der Waals surface area contributed by atoms with Crippen molar-refractivity contribution in [1.29, 1.82) is 0 Å². The van der Waals surface area contributed by atoms with Crippen molar-refractivity contribution in [2.24, 2.45) is 5.92 Å². The molecule has 0 aromatic heterocycles. The largest absolute Gasteiger partial charge is 0.481 e. The maximum absolute atomic E-state index is 12.5. The first-order chi connectivity index (χ1) is 15.1. The number of carboxylic acids is 1. The van der Waals surface area contributed by atoms with Crippen LogP contribution in [0.1, 0.15) is 19.3 Å². The monoisotopic (exact) mass is 432 g/mol. The normalized spacial score (nSPS) is 20.6. The molecule has 1 amide bonds. The lowest BCUT2D eigenvalue weighted by Crippen LogP contribution is -2.50. The molecule has 9 nitrogen and oxygen atoms in total. The van der Waals surface area contributed by atoms with Crippen LogP contribution in [0.3, 0.4) is 0 Å². The molecule has 31 heavy (non-hydrogen) atoms. The SMILES string of the molecule is O=C(C[C@H](CN1CCN(CCN2CCCC2)CC1)C(=O)O)Nc1ccc2c(c1)OCO2. The molecule has 1 aromatic rings. The van der Waals surface area contributed by atoms with Crippen LogP contribution in [-0.4, -0.2) is 97.4 Å². The summed E-state index contributed by atoms with van der Waals surface area (Å²) in [7, 11) is 0. The van der Waals surface area contributed by atoms with Crippen LogP contribution in [0.25, 0.3) is 0 Å². The molecular weight excluding hydrogens is 400 g/mol. The third kappa shape index (κ3) is 6.09. The molecule has 0 unspecified atom stereocenters. The molecule has 0 radical (unpaired) electrons. The Hall–Kier alpha value is -2.36. The number of aliphatic carboxylic acids is 1. The lowest BCUT2D eigenvalue weighted by molar-refractivity contribution is -0.144. The number of piperazine rings is 1. The minimum atomic E-state index is -0.933. The average Bonchev–Trinajstić information content (AvgIpc) is 3.44. The summed E-state index contributed by atoms with van der Waals surface area (Å²) >= 11 is 0. The van der Waals surface area contributed by atoms with Gasteiger partial charge in [0.1, 0.15) is 0 Å². The van der Waals surface area contributed by atoms with Gasteiger partial charge in [-0.1, -0.05) is 0 Å². The van der Waals surface area contributed by atoms with Gasteiger partial charge >= 0.3 is 5.97 Å². The number of rotatable bonds is 9. The van der Waals surface area contributed by atoms with Gasteiger partial charge < -0.3 is 24.8 Å². The molecule has 2 saturated heterocycles. The number of nitrogens with one attached hydrogen (secondary N) is 1. The quantitative estimate of drug-likeness (QED) is 0.600. The van der Waals surface area contributed by atoms with Crippen molar-refractivity contribution in [3.63, 3.8) is 0 Å². The van der Waals surface area contributed by atoms with E-state index in [1.165, 1.54) is 25.9 Å². The van der Waals surface area contributed by atoms with Crippen molar-refractivity contribution < 1.29 is 24.2 Å². The van der Waals surface area contributed by atoms with Crippen molar-refractivity contribution in [3.05, 3.63) is 18.2 Å². The summed E-state index contributed by atoms with van der Waals surface area (Å²) in [5.74, 6) is -0.755. The number of carbonyl (C=O) groups excluding carboxylic acids is 1. The van der Waals surface area contributed by atoms with Crippen molar-refractivity contribution >= 4 is 17.6 Å². The molecular formula is C22H32N4O5. The van der Waals surface area contributed by atoms with Gasteiger partial charge in [0.15, 0.2) is 11.5 Å². The maximum Gasteiger partial charge on any atom is 0.308 e. The number of benzene rings is 1. The Bertz CT molecular complexity index is 775. The second-order valence-electron chi connectivity index (χ2n) is 8.55. The highest BCUT2D eigenvalue weighted by Crippen LogP contribution is 2.34. The van der Waals surface area contributed by atoms with E-state index in [1.807, 2.05) is 0 Å². The zero-order chi connectivity index (χ0) is 21.6. The summed E-state index contributed by atoms with van der Waals surface area (Å²) in [5, 5.41) is 12.4. The number of nitrogens with zero attached hydrogens (tertiary/aromatic N) is 3. The van der Waals surface area contributed by atoms with Crippen LogP contribution in [0.5, 0.6) is 11.5 Å². The summed E-state index contributed by atoms with van der Waals surface area (Å²) in [4.78, 5) is 31.4. The van der Waals surface area contributed by atoms with Gasteiger partial charge in [-0.2, -0.15) is 0 Å². The molecule has 0 saturated carbocycles. The van der Waals surface area contributed by atoms with E-state index in [4.69, 9.17) is 9.47 Å². The van der Waals surface area contributed by atoms with Gasteiger partial charge in [-0.3, -0.25) is 19.4 Å². The first-order valence-electron chi connectivity index (χ1n) is 11.2. The topological polar surface area (TPSA) is 94.6 Å². The second-order valence-corrected chi connectivity index (χ2v) is 8.55. The van der Waals surface area contributed by atoms with Crippen molar-refractivity contribution in [2.45, 2.75) is 19.3 Å². The fourth-order valence-corrected chi connectivity index (χ4v) is 4.44. The minimum Gasteiger partial charge on any atom is -0.481 e. The molecule has 1 aromatic carbocycles. The number of likely N-dealkylation sites (tertiary alicyclic amines) is 1. The molecule has 0 spiro atoms. The molecule has 3 heterocycles. The van der Waals surface area contributed by atoms with Crippen molar-refractivity contribution in [2.75, 3.05) is 71.0 Å². The summed E-state index contributed by atoms with van der Waals surface area (Å²) in [6, 6.07) is 5.15. The van der Waals surface area contributed by atoms with Crippen LogP contribution in [0.4, 0.5) is 5.69 Å². The predicted octanol–water partition coefficient (Wildman–Crippen LogP) is 1.16. The lowest BCUT2D eigenvalue weighted by Gasteiger charge is -2.36. The highest BCUT2D eigenvalue weighted by atomic mass is 16.7. The van der Waals surface area contributed by atoms with E-state index >= 15 is 0 Å². The van der Waals surface area contributed by atoms with Crippen LogP contribution in [0.15, 0.2) is 18.2 Å². The van der Waals surface area contributed by atoms with Crippen LogP contribution < -0.4 is 14.8 Å². The van der Waals surface area contributed by atoms with Gasteiger partial charge in [0.25, 0.3) is 0 Å². The molecule has 2 fully saturated rings. The molecule has 4 rings (SSSR count). The van der Waals surface area contributed by atoms with Crippen LogP contribution in [-0.2, 0) is 9.59 Å². The highest BCUT2D eigenvalue weighted by Gasteiger charge is 2.27. The van der Waals surface area contributed by atoms with Gasteiger partial charge in [0.05, 0.1) is 5.92 Å². The van der Waals surface area contributed by atoms with Gasteiger partial charge in [-0.15, -0.1) is 0 Å². The number of carbonyl (C=O) groups is 2. The maximum atomic E-state index is 12.5. The summed E-state index contributed by atoms with van der Waals surface area (Å²) in [6.07, 6.45) is 2.57. The first kappa shape index (κ1) is 21.9. The van der Waals surface area contributed by atoms with Gasteiger partial charge in [-0.25, -0.2) is 0 Å². The first-order valence-corrected chi connectivity index (χ1v) is 11.2. The highest BCUT2D eigenvalue weighted by molar-refractivity contribution is 5.93. The van der Waals surface area contributed by atoms with Crippen LogP contribution in [0, 0.1) is 5.92 Å². The van der Waals surface area contributed by atoms with Crippen LogP contribution >= 0.6 is 0 Å². The van der Waals surface area contributed by atoms with Crippen molar-refractivity contribution in [1.82, 2.24) is 14.7 Å². The number of carboxylic acid groups (broad SMARTS) is 1. The zero-order valence-electron chi connectivity index (χ0n) is 17.9. The summed E-state index contributed by atoms with van der Waals surface area (Å²) in [6.45, 7) is 8.77. The third-order valence-electron chi connectivity index (χ3n) is 6.31. The van der Waals surface area contributed by atoms with E-state index in [2.05, 4.69) is 20.0 Å². The Morgan fingerprint density at radius 3 is 2.29 bits per heavy atom. The van der Waals surface area contributed by atoms with E-state index in [0.717, 1.165) is 39.3 Å². The van der Waals surface area contributed by atoms with Gasteiger partial charge in [0, 0.05) is 64.0 Å². The Kier molecular flexibility index (Phi) is 7.26. The van der Waals surface area contributed by atoms with E-state index in [1.54, 1.807) is 18.2 Å². The van der Waals surface area contributed by atoms with Gasteiger partial charge in [0.2, 0.25) is 12.7 Å². The fraction of sp³-hybridized carbons (Fsp3) is 0.636. The molecule has 0 bridgehead atoms. The predicted molar refractivity (Wildman–Crippen MR) is 115 cm³/mol. The number of amides is 1. The standard InChI is InChI=1S/C22H32N4O5/c27-21(23-18-3-4-19-20(14-18)31-16-30-19)13-17(22(28)29)15-26-11-9-25(10-12-26)8-7-24-5-1-2-6-24/h3-4,14,17H,1-2,5-13,15-16H2,(H,23,27)(H,28,29)/t17-/m1/s1. The van der Waals surface area contributed by atoms with Gasteiger partial charge in [-0.05, 0) is 38.1 Å². The average molecular weight is 433 g/mol. The minimum absolute atomic E-state index is 0.0566. The summed E-state index contributed by atoms with van der Waals surface area (Å²) in [5.41, 5.74) is 0.574. The lowest BCUT2D eigenvalue weighted by atomic mass is 10.0. The Morgan fingerprint density at radius 2 is 1.58 bits per heavy atom. The molecule has 3 aliphatic rings. The molecule has 0 aliphatic carbocycles. The second kappa shape index (κ2) is 10.3. The third-order valence-corrected chi connectivity index (χ3v) is 6.31. The number of fused-ring (bicyclic) bond motifs is 1. The Morgan fingerprint density at radius 1 is 0.935 bits per heavy atom. The number of hydrogen-bond acceptors (Lipinski definition) is 7. The number of hydrogen-bond donors (Lipinski definition) is 2. The van der Waals surface area contributed by atoms with Crippen LogP contribution in [0.2, 0.25) is 0 Å². The molecule has 2 N–H and O–H groups in total.